The number of sulfonamides is 1. The van der Waals surface area contributed by atoms with Crippen molar-refractivity contribution in [2.45, 2.75) is 26.3 Å². The molecular formula is C13H19FN2O3S. The highest BCUT2D eigenvalue weighted by Gasteiger charge is 2.23. The molecule has 0 spiro atoms. The molecule has 0 aliphatic heterocycles. The molecule has 0 aliphatic carbocycles. The van der Waals surface area contributed by atoms with Crippen molar-refractivity contribution in [1.29, 1.82) is 0 Å². The van der Waals surface area contributed by atoms with Gasteiger partial charge in [-0.2, -0.15) is 0 Å². The summed E-state index contributed by atoms with van der Waals surface area (Å²) >= 11 is 0. The number of carbonyl (C=O) groups is 1. The number of halogens is 1. The van der Waals surface area contributed by atoms with E-state index in [2.05, 4.69) is 5.32 Å². The molecule has 1 N–H and O–H groups in total. The molecule has 0 saturated carbocycles. The second-order valence-corrected chi connectivity index (χ2v) is 6.50. The van der Waals surface area contributed by atoms with Crippen LogP contribution in [-0.4, -0.2) is 33.2 Å². The lowest BCUT2D eigenvalue weighted by atomic mass is 10.2. The van der Waals surface area contributed by atoms with Crippen molar-refractivity contribution in [3.05, 3.63) is 30.1 Å². The van der Waals surface area contributed by atoms with Crippen LogP contribution in [0.15, 0.2) is 24.3 Å². The zero-order chi connectivity index (χ0) is 15.3. The third-order valence-electron chi connectivity index (χ3n) is 2.83. The van der Waals surface area contributed by atoms with Gasteiger partial charge in [-0.25, -0.2) is 12.8 Å². The molecule has 5 nitrogen and oxygen atoms in total. The average Bonchev–Trinajstić information content (AvgIpc) is 2.35. The van der Waals surface area contributed by atoms with Crippen LogP contribution in [-0.2, 0) is 14.8 Å². The topological polar surface area (TPSA) is 66.5 Å². The zero-order valence-corrected chi connectivity index (χ0v) is 12.6. The Labute approximate surface area is 118 Å². The summed E-state index contributed by atoms with van der Waals surface area (Å²) < 4.78 is 38.0. The van der Waals surface area contributed by atoms with Gasteiger partial charge in [-0.1, -0.05) is 19.1 Å². The van der Waals surface area contributed by atoms with Gasteiger partial charge in [0.15, 0.2) is 0 Å². The van der Waals surface area contributed by atoms with Crippen LogP contribution in [0.2, 0.25) is 0 Å². The molecule has 112 valence electrons. The SMILES string of the molecule is CC[C@@H](C)NC(=O)CN(c1ccccc1F)S(C)(=O)=O. The lowest BCUT2D eigenvalue weighted by Gasteiger charge is -2.23. The highest BCUT2D eigenvalue weighted by molar-refractivity contribution is 7.92. The van der Waals surface area contributed by atoms with Crippen molar-refractivity contribution >= 4 is 21.6 Å². The number of benzene rings is 1. The summed E-state index contributed by atoms with van der Waals surface area (Å²) in [6.45, 7) is 3.27. The molecule has 7 heteroatoms. The van der Waals surface area contributed by atoms with E-state index in [9.17, 15) is 17.6 Å². The molecule has 0 heterocycles. The van der Waals surface area contributed by atoms with E-state index in [1.54, 1.807) is 0 Å². The highest BCUT2D eigenvalue weighted by atomic mass is 32.2. The predicted molar refractivity (Wildman–Crippen MR) is 76.5 cm³/mol. The maximum absolute atomic E-state index is 13.7. The number of carbonyl (C=O) groups excluding carboxylic acids is 1. The Hall–Kier alpha value is -1.63. The number of anilines is 1. The first-order valence-corrected chi connectivity index (χ1v) is 8.12. The number of amides is 1. The van der Waals surface area contributed by atoms with E-state index in [4.69, 9.17) is 0 Å². The smallest absolute Gasteiger partial charge is 0.240 e. The molecule has 0 bridgehead atoms. The lowest BCUT2D eigenvalue weighted by Crippen LogP contribution is -2.43. The second kappa shape index (κ2) is 6.69. The van der Waals surface area contributed by atoms with E-state index in [-0.39, 0.29) is 11.7 Å². The van der Waals surface area contributed by atoms with Crippen LogP contribution in [0.4, 0.5) is 10.1 Å². The summed E-state index contributed by atoms with van der Waals surface area (Å²) in [4.78, 5) is 11.8. The van der Waals surface area contributed by atoms with E-state index in [0.29, 0.717) is 0 Å². The summed E-state index contributed by atoms with van der Waals surface area (Å²) in [6.07, 6.45) is 1.67. The van der Waals surface area contributed by atoms with E-state index < -0.39 is 28.3 Å². The molecule has 0 unspecified atom stereocenters. The van der Waals surface area contributed by atoms with Gasteiger partial charge >= 0.3 is 0 Å². The van der Waals surface area contributed by atoms with Gasteiger partial charge in [0, 0.05) is 6.04 Å². The molecule has 0 aromatic heterocycles. The van der Waals surface area contributed by atoms with Gasteiger partial charge in [0.25, 0.3) is 0 Å². The van der Waals surface area contributed by atoms with Gasteiger partial charge in [0.1, 0.15) is 12.4 Å². The normalized spacial score (nSPS) is 12.8. The molecule has 20 heavy (non-hydrogen) atoms. The fourth-order valence-corrected chi connectivity index (χ4v) is 2.45. The minimum Gasteiger partial charge on any atom is -0.352 e. The number of nitrogens with zero attached hydrogens (tertiary/aromatic N) is 1. The summed E-state index contributed by atoms with van der Waals surface area (Å²) in [5, 5.41) is 2.65. The van der Waals surface area contributed by atoms with E-state index in [1.807, 2.05) is 13.8 Å². The Bertz CT molecular complexity index is 575. The summed E-state index contributed by atoms with van der Waals surface area (Å²) in [6, 6.07) is 5.39. The van der Waals surface area contributed by atoms with Crippen molar-refractivity contribution < 1.29 is 17.6 Å². The molecule has 0 fully saturated rings. The van der Waals surface area contributed by atoms with Crippen LogP contribution < -0.4 is 9.62 Å². The van der Waals surface area contributed by atoms with Gasteiger partial charge in [-0.3, -0.25) is 9.10 Å². The number of hydrogen-bond donors (Lipinski definition) is 1. The average molecular weight is 302 g/mol. The van der Waals surface area contributed by atoms with Crippen LogP contribution in [0.1, 0.15) is 20.3 Å². The fraction of sp³-hybridized carbons (Fsp3) is 0.462. The largest absolute Gasteiger partial charge is 0.352 e. The van der Waals surface area contributed by atoms with Crippen molar-refractivity contribution in [3.8, 4) is 0 Å². The molecular weight excluding hydrogens is 283 g/mol. The van der Waals surface area contributed by atoms with Crippen LogP contribution in [0, 0.1) is 5.82 Å². The van der Waals surface area contributed by atoms with Crippen molar-refractivity contribution in [3.63, 3.8) is 0 Å². The number of nitrogens with one attached hydrogen (secondary N) is 1. The van der Waals surface area contributed by atoms with Crippen molar-refractivity contribution in [1.82, 2.24) is 5.32 Å². The van der Waals surface area contributed by atoms with Crippen LogP contribution >= 0.6 is 0 Å². The van der Waals surface area contributed by atoms with E-state index in [1.165, 1.54) is 18.2 Å². The lowest BCUT2D eigenvalue weighted by molar-refractivity contribution is -0.120. The summed E-state index contributed by atoms with van der Waals surface area (Å²) in [5.74, 6) is -1.15. The maximum Gasteiger partial charge on any atom is 0.240 e. The van der Waals surface area contributed by atoms with Gasteiger partial charge in [-0.15, -0.1) is 0 Å². The molecule has 1 atom stereocenters. The van der Waals surface area contributed by atoms with Gasteiger partial charge < -0.3 is 5.32 Å². The monoisotopic (exact) mass is 302 g/mol. The Morgan fingerprint density at radius 2 is 2.00 bits per heavy atom. The van der Waals surface area contributed by atoms with Gasteiger partial charge in [-0.05, 0) is 25.5 Å². The first-order chi connectivity index (χ1) is 9.25. The molecule has 1 rings (SSSR count). The quantitative estimate of drug-likeness (QED) is 0.866. The fourth-order valence-electron chi connectivity index (χ4n) is 1.59. The van der Waals surface area contributed by atoms with E-state index in [0.717, 1.165) is 23.0 Å². The Morgan fingerprint density at radius 1 is 1.40 bits per heavy atom. The Balaban J connectivity index is 2.99. The number of para-hydroxylation sites is 1. The van der Waals surface area contributed by atoms with Crippen LogP contribution in [0.5, 0.6) is 0 Å². The zero-order valence-electron chi connectivity index (χ0n) is 11.8. The summed E-state index contributed by atoms with van der Waals surface area (Å²) in [5.41, 5.74) is -0.130. The first kappa shape index (κ1) is 16.4. The Kier molecular flexibility index (Phi) is 5.50. The molecule has 0 aliphatic rings. The van der Waals surface area contributed by atoms with Crippen molar-refractivity contribution in [2.24, 2.45) is 0 Å². The minimum atomic E-state index is -3.75. The number of hydrogen-bond acceptors (Lipinski definition) is 3. The van der Waals surface area contributed by atoms with Gasteiger partial charge in [0.05, 0.1) is 11.9 Å². The second-order valence-electron chi connectivity index (χ2n) is 4.60. The van der Waals surface area contributed by atoms with Gasteiger partial charge in [0.2, 0.25) is 15.9 Å². The minimum absolute atomic E-state index is 0.0652. The van der Waals surface area contributed by atoms with Crippen molar-refractivity contribution in [2.75, 3.05) is 17.1 Å². The third-order valence-corrected chi connectivity index (χ3v) is 3.95. The standard InChI is InChI=1S/C13H19FN2O3S/c1-4-10(2)15-13(17)9-16(20(3,18)19)12-8-6-5-7-11(12)14/h5-8,10H,4,9H2,1-3H3,(H,15,17)/t10-/m1/s1. The predicted octanol–water partition coefficient (Wildman–Crippen LogP) is 1.51. The third kappa shape index (κ3) is 4.48. The highest BCUT2D eigenvalue weighted by Crippen LogP contribution is 2.20. The number of rotatable bonds is 6. The first-order valence-electron chi connectivity index (χ1n) is 6.27. The molecule has 1 aromatic rings. The van der Waals surface area contributed by atoms with E-state index >= 15 is 0 Å². The van der Waals surface area contributed by atoms with Crippen LogP contribution in [0.25, 0.3) is 0 Å². The maximum atomic E-state index is 13.7. The molecule has 1 aromatic carbocycles. The molecule has 1 amide bonds. The Morgan fingerprint density at radius 3 is 2.50 bits per heavy atom. The molecule has 0 radical (unpaired) electrons. The summed E-state index contributed by atoms with van der Waals surface area (Å²) in [7, 11) is -3.75. The molecule has 0 saturated heterocycles. The van der Waals surface area contributed by atoms with Crippen LogP contribution in [0.3, 0.4) is 0 Å².